The Hall–Kier alpha value is -1.75. The van der Waals surface area contributed by atoms with Crippen molar-refractivity contribution in [3.05, 3.63) is 28.8 Å². The highest BCUT2D eigenvalue weighted by Gasteiger charge is 2.10. The van der Waals surface area contributed by atoms with Gasteiger partial charge < -0.3 is 15.7 Å². The molecule has 0 unspecified atom stereocenters. The fourth-order valence-electron chi connectivity index (χ4n) is 1.65. The Balaban J connectivity index is 2.46. The fourth-order valence-corrected chi connectivity index (χ4v) is 1.92. The molecule has 0 saturated heterocycles. The first kappa shape index (κ1) is 16.3. The first-order valence-corrected chi connectivity index (χ1v) is 6.85. The van der Waals surface area contributed by atoms with E-state index in [9.17, 15) is 9.59 Å². The van der Waals surface area contributed by atoms with Gasteiger partial charge in [0.05, 0.1) is 10.6 Å². The van der Waals surface area contributed by atoms with Crippen LogP contribution in [0.15, 0.2) is 18.2 Å². The van der Waals surface area contributed by atoms with Crippen molar-refractivity contribution in [2.24, 2.45) is 5.92 Å². The first-order valence-electron chi connectivity index (χ1n) is 6.48. The maximum absolute atomic E-state index is 11.6. The summed E-state index contributed by atoms with van der Waals surface area (Å²) >= 11 is 5.82. The van der Waals surface area contributed by atoms with E-state index in [0.29, 0.717) is 18.2 Å². The lowest BCUT2D eigenvalue weighted by atomic mass is 10.1. The lowest BCUT2D eigenvalue weighted by Crippen LogP contribution is -2.29. The van der Waals surface area contributed by atoms with Crippen molar-refractivity contribution in [3.63, 3.8) is 0 Å². The number of hydrogen-bond donors (Lipinski definition) is 3. The van der Waals surface area contributed by atoms with Crippen LogP contribution in [-0.4, -0.2) is 23.7 Å². The number of amides is 2. The van der Waals surface area contributed by atoms with Gasteiger partial charge >= 0.3 is 12.0 Å². The molecule has 0 aromatic heterocycles. The summed E-state index contributed by atoms with van der Waals surface area (Å²) in [6.07, 6.45) is 1.98. The van der Waals surface area contributed by atoms with E-state index in [2.05, 4.69) is 24.5 Å². The zero-order valence-electron chi connectivity index (χ0n) is 11.6. The van der Waals surface area contributed by atoms with E-state index in [4.69, 9.17) is 16.7 Å². The topological polar surface area (TPSA) is 78.4 Å². The second kappa shape index (κ2) is 7.75. The number of carbonyl (C=O) groups is 2. The van der Waals surface area contributed by atoms with Gasteiger partial charge in [-0.15, -0.1) is 0 Å². The molecule has 20 heavy (non-hydrogen) atoms. The zero-order chi connectivity index (χ0) is 15.1. The van der Waals surface area contributed by atoms with Gasteiger partial charge in [0, 0.05) is 12.2 Å². The second-order valence-corrected chi connectivity index (χ2v) is 5.32. The summed E-state index contributed by atoms with van der Waals surface area (Å²) in [4.78, 5) is 22.4. The standard InChI is InChI=1S/C14H19ClN2O3/c1-9(2)4-3-7-16-14(20)17-10-5-6-11(13(18)19)12(15)8-10/h5-6,8-9H,3-4,7H2,1-2H3,(H,18,19)(H2,16,17,20). The summed E-state index contributed by atoms with van der Waals surface area (Å²) in [5.74, 6) is -0.484. The average Bonchev–Trinajstić information content (AvgIpc) is 2.34. The van der Waals surface area contributed by atoms with E-state index in [1.54, 1.807) is 0 Å². The molecule has 0 spiro atoms. The third kappa shape index (κ3) is 5.48. The number of rotatable bonds is 6. The monoisotopic (exact) mass is 298 g/mol. The van der Waals surface area contributed by atoms with Crippen LogP contribution in [0.2, 0.25) is 5.02 Å². The quantitative estimate of drug-likeness (QED) is 0.702. The molecule has 0 bridgehead atoms. The summed E-state index contributed by atoms with van der Waals surface area (Å²) in [6, 6.07) is 3.95. The average molecular weight is 299 g/mol. The normalized spacial score (nSPS) is 10.4. The van der Waals surface area contributed by atoms with E-state index < -0.39 is 5.97 Å². The van der Waals surface area contributed by atoms with Crippen molar-refractivity contribution in [1.82, 2.24) is 5.32 Å². The Kier molecular flexibility index (Phi) is 6.31. The third-order valence-electron chi connectivity index (χ3n) is 2.70. The number of carboxylic acids is 1. The molecule has 0 aliphatic heterocycles. The highest BCUT2D eigenvalue weighted by Crippen LogP contribution is 2.20. The van der Waals surface area contributed by atoms with Crippen LogP contribution in [-0.2, 0) is 0 Å². The van der Waals surface area contributed by atoms with Crippen LogP contribution in [0.4, 0.5) is 10.5 Å². The molecule has 110 valence electrons. The number of aromatic carboxylic acids is 1. The van der Waals surface area contributed by atoms with Gasteiger partial charge in [-0.25, -0.2) is 9.59 Å². The minimum atomic E-state index is -1.10. The molecule has 0 aliphatic rings. The molecule has 6 heteroatoms. The largest absolute Gasteiger partial charge is 0.478 e. The maximum atomic E-state index is 11.6. The maximum Gasteiger partial charge on any atom is 0.337 e. The number of nitrogens with one attached hydrogen (secondary N) is 2. The molecular weight excluding hydrogens is 280 g/mol. The molecule has 0 saturated carbocycles. The number of carboxylic acid groups (broad SMARTS) is 1. The molecule has 2 amide bonds. The number of hydrogen-bond acceptors (Lipinski definition) is 2. The van der Waals surface area contributed by atoms with E-state index in [-0.39, 0.29) is 16.6 Å². The number of benzene rings is 1. The van der Waals surface area contributed by atoms with Crippen LogP contribution in [0, 0.1) is 5.92 Å². The number of anilines is 1. The number of halogens is 1. The molecule has 5 nitrogen and oxygen atoms in total. The molecule has 0 fully saturated rings. The first-order chi connectivity index (χ1) is 9.40. The summed E-state index contributed by atoms with van der Waals surface area (Å²) in [6.45, 7) is 4.86. The van der Waals surface area contributed by atoms with Gasteiger partial charge in [-0.1, -0.05) is 25.4 Å². The van der Waals surface area contributed by atoms with Crippen molar-refractivity contribution < 1.29 is 14.7 Å². The molecule has 1 aromatic rings. The molecule has 1 aromatic carbocycles. The van der Waals surface area contributed by atoms with Crippen LogP contribution in [0.3, 0.4) is 0 Å². The predicted octanol–water partition coefficient (Wildman–Crippen LogP) is 3.60. The van der Waals surface area contributed by atoms with Crippen LogP contribution in [0.1, 0.15) is 37.0 Å². The zero-order valence-corrected chi connectivity index (χ0v) is 12.3. The minimum Gasteiger partial charge on any atom is -0.478 e. The highest BCUT2D eigenvalue weighted by atomic mass is 35.5. The van der Waals surface area contributed by atoms with Gasteiger partial charge in [0.1, 0.15) is 0 Å². The Morgan fingerprint density at radius 2 is 2.05 bits per heavy atom. The lowest BCUT2D eigenvalue weighted by Gasteiger charge is -2.09. The molecule has 0 heterocycles. The van der Waals surface area contributed by atoms with Gasteiger partial charge in [-0.3, -0.25) is 0 Å². The van der Waals surface area contributed by atoms with Crippen LogP contribution < -0.4 is 10.6 Å². The molecule has 0 radical (unpaired) electrons. The lowest BCUT2D eigenvalue weighted by molar-refractivity contribution is 0.0697. The smallest absolute Gasteiger partial charge is 0.337 e. The summed E-state index contributed by atoms with van der Waals surface area (Å²) in [7, 11) is 0. The molecule has 0 aliphatic carbocycles. The Morgan fingerprint density at radius 1 is 1.35 bits per heavy atom. The van der Waals surface area contributed by atoms with E-state index >= 15 is 0 Å². The van der Waals surface area contributed by atoms with Crippen LogP contribution >= 0.6 is 11.6 Å². The van der Waals surface area contributed by atoms with Crippen molar-refractivity contribution in [1.29, 1.82) is 0 Å². The van der Waals surface area contributed by atoms with E-state index in [1.807, 2.05) is 0 Å². The minimum absolute atomic E-state index is 0.00885. The van der Waals surface area contributed by atoms with Crippen molar-refractivity contribution >= 4 is 29.3 Å². The van der Waals surface area contributed by atoms with Crippen molar-refractivity contribution in [2.75, 3.05) is 11.9 Å². The Labute approximate surface area is 123 Å². The van der Waals surface area contributed by atoms with Gasteiger partial charge in [-0.2, -0.15) is 0 Å². The molecule has 3 N–H and O–H groups in total. The summed E-state index contributed by atoms with van der Waals surface area (Å²) in [5, 5.41) is 14.3. The van der Waals surface area contributed by atoms with Gasteiger partial charge in [0.25, 0.3) is 0 Å². The van der Waals surface area contributed by atoms with E-state index in [1.165, 1.54) is 18.2 Å². The van der Waals surface area contributed by atoms with Crippen molar-refractivity contribution in [3.8, 4) is 0 Å². The predicted molar refractivity (Wildman–Crippen MR) is 79.5 cm³/mol. The highest BCUT2D eigenvalue weighted by molar-refractivity contribution is 6.33. The van der Waals surface area contributed by atoms with E-state index in [0.717, 1.165) is 12.8 Å². The number of carbonyl (C=O) groups excluding carboxylic acids is 1. The second-order valence-electron chi connectivity index (χ2n) is 4.92. The molecular formula is C14H19ClN2O3. The molecule has 1 rings (SSSR count). The number of urea groups is 1. The Morgan fingerprint density at radius 3 is 2.60 bits per heavy atom. The van der Waals surface area contributed by atoms with Crippen LogP contribution in [0.5, 0.6) is 0 Å². The van der Waals surface area contributed by atoms with Crippen LogP contribution in [0.25, 0.3) is 0 Å². The van der Waals surface area contributed by atoms with Gasteiger partial charge in [0.15, 0.2) is 0 Å². The third-order valence-corrected chi connectivity index (χ3v) is 3.01. The van der Waals surface area contributed by atoms with Gasteiger partial charge in [0.2, 0.25) is 0 Å². The molecule has 0 atom stereocenters. The summed E-state index contributed by atoms with van der Waals surface area (Å²) < 4.78 is 0. The fraction of sp³-hybridized carbons (Fsp3) is 0.429. The van der Waals surface area contributed by atoms with Crippen molar-refractivity contribution in [2.45, 2.75) is 26.7 Å². The summed E-state index contributed by atoms with van der Waals surface area (Å²) in [5.41, 5.74) is 0.468. The van der Waals surface area contributed by atoms with Gasteiger partial charge in [-0.05, 0) is 37.0 Å². The SMILES string of the molecule is CC(C)CCCNC(=O)Nc1ccc(C(=O)O)c(Cl)c1. The Bertz CT molecular complexity index is 489.